The second-order valence-electron chi connectivity index (χ2n) is 6.26. The summed E-state index contributed by atoms with van der Waals surface area (Å²) in [6.45, 7) is 11.8. The molecule has 0 unspecified atom stereocenters. The van der Waals surface area contributed by atoms with Crippen molar-refractivity contribution in [1.29, 1.82) is 0 Å². The van der Waals surface area contributed by atoms with Gasteiger partial charge in [0, 0.05) is 24.2 Å². The van der Waals surface area contributed by atoms with Gasteiger partial charge in [-0.3, -0.25) is 14.4 Å². The summed E-state index contributed by atoms with van der Waals surface area (Å²) in [6, 6.07) is 6.94. The van der Waals surface area contributed by atoms with Gasteiger partial charge in [-0.15, -0.1) is 0 Å². The lowest BCUT2D eigenvalue weighted by Gasteiger charge is -2.14. The van der Waals surface area contributed by atoms with E-state index in [9.17, 15) is 9.90 Å². The molecule has 0 spiro atoms. The Morgan fingerprint density at radius 2 is 2.11 bits per heavy atom. The summed E-state index contributed by atoms with van der Waals surface area (Å²) in [4.78, 5) is 15.6. The lowest BCUT2D eigenvalue weighted by molar-refractivity contribution is 0.466. The van der Waals surface area contributed by atoms with Gasteiger partial charge in [-0.05, 0) is 47.8 Å². The Kier molecular flexibility index (Phi) is 6.93. The highest BCUT2D eigenvalue weighted by Gasteiger charge is 2.08. The standard InChI is InChI=1S/C23H25N3O2/c1-5-18(14-25-6-2)9-7-8-16(3)20-12-19(11-10-17(20)4)26-15-22(28)21(27)13-23(26)24/h6-15,28H,2-3,5,24H2,1,4H3/b8-7-,18-9+,25-14?. The fourth-order valence-corrected chi connectivity index (χ4v) is 2.65. The number of nitrogen functional groups attached to an aromatic ring is 1. The first-order valence-electron chi connectivity index (χ1n) is 8.90. The molecule has 0 fully saturated rings. The molecule has 3 N–H and O–H groups in total. The van der Waals surface area contributed by atoms with Crippen molar-refractivity contribution < 1.29 is 5.11 Å². The molecular formula is C23H25N3O2. The quantitative estimate of drug-likeness (QED) is 0.550. The average Bonchev–Trinajstić information content (AvgIpc) is 2.67. The van der Waals surface area contributed by atoms with Gasteiger partial charge in [0.15, 0.2) is 5.75 Å². The zero-order chi connectivity index (χ0) is 20.7. The molecule has 1 aromatic heterocycles. The van der Waals surface area contributed by atoms with E-state index in [2.05, 4.69) is 25.1 Å². The third-order valence-electron chi connectivity index (χ3n) is 4.27. The van der Waals surface area contributed by atoms with Gasteiger partial charge in [-0.25, -0.2) is 0 Å². The number of aromatic nitrogens is 1. The molecule has 5 nitrogen and oxygen atoms in total. The van der Waals surface area contributed by atoms with Crippen molar-refractivity contribution in [2.75, 3.05) is 5.73 Å². The highest BCUT2D eigenvalue weighted by atomic mass is 16.3. The van der Waals surface area contributed by atoms with E-state index in [1.54, 1.807) is 10.8 Å². The molecule has 0 amide bonds. The number of hydrogen-bond donors (Lipinski definition) is 2. The molecule has 1 heterocycles. The van der Waals surface area contributed by atoms with Crippen LogP contribution in [0.1, 0.15) is 24.5 Å². The van der Waals surface area contributed by atoms with Gasteiger partial charge in [0.2, 0.25) is 5.43 Å². The third kappa shape index (κ3) is 4.98. The van der Waals surface area contributed by atoms with E-state index in [1.807, 2.05) is 43.4 Å². The van der Waals surface area contributed by atoms with Gasteiger partial charge >= 0.3 is 0 Å². The lowest BCUT2D eigenvalue weighted by Crippen LogP contribution is -2.10. The Morgan fingerprint density at radius 1 is 1.36 bits per heavy atom. The summed E-state index contributed by atoms with van der Waals surface area (Å²) >= 11 is 0. The van der Waals surface area contributed by atoms with E-state index in [-0.39, 0.29) is 11.6 Å². The summed E-state index contributed by atoms with van der Waals surface area (Å²) in [5, 5.41) is 9.73. The van der Waals surface area contributed by atoms with E-state index in [1.165, 1.54) is 18.5 Å². The molecule has 5 heteroatoms. The second kappa shape index (κ2) is 9.37. The number of aromatic hydroxyl groups is 1. The molecule has 0 aliphatic rings. The SMILES string of the molecule is C=CN=C/C(=C/C=C\C(=C)c1cc(-n2cc(O)c(=O)cc2N)ccc1C)CC. The number of nitrogens with two attached hydrogens (primary N) is 1. The van der Waals surface area contributed by atoms with Crippen LogP contribution >= 0.6 is 0 Å². The van der Waals surface area contributed by atoms with E-state index in [4.69, 9.17) is 5.73 Å². The van der Waals surface area contributed by atoms with E-state index in [0.29, 0.717) is 0 Å². The average molecular weight is 375 g/mol. The molecule has 0 aliphatic carbocycles. The Morgan fingerprint density at radius 3 is 2.79 bits per heavy atom. The second-order valence-corrected chi connectivity index (χ2v) is 6.26. The number of hydrogen-bond acceptors (Lipinski definition) is 4. The maximum atomic E-state index is 11.5. The van der Waals surface area contributed by atoms with Gasteiger partial charge in [-0.1, -0.05) is 44.4 Å². The zero-order valence-electron chi connectivity index (χ0n) is 16.2. The Balaban J connectivity index is 2.37. The number of rotatable bonds is 7. The number of anilines is 1. The van der Waals surface area contributed by atoms with Crippen LogP contribution in [0.15, 0.2) is 83.4 Å². The minimum absolute atomic E-state index is 0.246. The third-order valence-corrected chi connectivity index (χ3v) is 4.27. The Hall–Kier alpha value is -3.60. The minimum Gasteiger partial charge on any atom is -0.503 e. The van der Waals surface area contributed by atoms with Gasteiger partial charge in [0.1, 0.15) is 5.82 Å². The van der Waals surface area contributed by atoms with Crippen LogP contribution in [0.25, 0.3) is 11.3 Å². The Labute approximate surface area is 165 Å². The van der Waals surface area contributed by atoms with Gasteiger partial charge in [0.25, 0.3) is 0 Å². The molecule has 0 bridgehead atoms. The Bertz CT molecular complexity index is 1040. The van der Waals surface area contributed by atoms with Crippen molar-refractivity contribution in [3.8, 4) is 11.4 Å². The number of pyridine rings is 1. The van der Waals surface area contributed by atoms with Crippen LogP contribution in [-0.2, 0) is 0 Å². The molecule has 2 rings (SSSR count). The first-order valence-corrected chi connectivity index (χ1v) is 8.90. The maximum absolute atomic E-state index is 11.5. The van der Waals surface area contributed by atoms with Crippen LogP contribution in [0.4, 0.5) is 5.82 Å². The van der Waals surface area contributed by atoms with Crippen LogP contribution < -0.4 is 11.2 Å². The van der Waals surface area contributed by atoms with Crippen molar-refractivity contribution in [2.45, 2.75) is 20.3 Å². The summed E-state index contributed by atoms with van der Waals surface area (Å²) in [6.07, 6.45) is 11.3. The van der Waals surface area contributed by atoms with Crippen molar-refractivity contribution in [2.24, 2.45) is 4.99 Å². The number of nitrogens with zero attached hydrogens (tertiary/aromatic N) is 2. The molecule has 1 aromatic carbocycles. The molecule has 0 atom stereocenters. The normalized spacial score (nSPS) is 12.0. The molecule has 0 saturated heterocycles. The highest BCUT2D eigenvalue weighted by Crippen LogP contribution is 2.24. The number of aryl methyl sites for hydroxylation is 1. The first-order chi connectivity index (χ1) is 13.4. The van der Waals surface area contributed by atoms with Crippen molar-refractivity contribution in [3.63, 3.8) is 0 Å². The summed E-state index contributed by atoms with van der Waals surface area (Å²) in [5.41, 5.74) is 10.1. The van der Waals surface area contributed by atoms with E-state index < -0.39 is 5.43 Å². The van der Waals surface area contributed by atoms with Crippen LogP contribution in [0.2, 0.25) is 0 Å². The number of allylic oxidation sites excluding steroid dienone is 5. The van der Waals surface area contributed by atoms with Crippen molar-refractivity contribution >= 4 is 17.6 Å². The molecule has 0 radical (unpaired) electrons. The van der Waals surface area contributed by atoms with E-state index >= 15 is 0 Å². The number of aliphatic imine (C=N–C) groups is 1. The predicted molar refractivity (Wildman–Crippen MR) is 118 cm³/mol. The molecular weight excluding hydrogens is 350 g/mol. The highest BCUT2D eigenvalue weighted by molar-refractivity contribution is 5.80. The maximum Gasteiger partial charge on any atom is 0.225 e. The molecule has 0 aliphatic heterocycles. The van der Waals surface area contributed by atoms with Gasteiger partial charge < -0.3 is 10.8 Å². The summed E-state index contributed by atoms with van der Waals surface area (Å²) < 4.78 is 1.57. The minimum atomic E-state index is -0.507. The van der Waals surface area contributed by atoms with Crippen molar-refractivity contribution in [3.05, 3.63) is 95.0 Å². The fourth-order valence-electron chi connectivity index (χ4n) is 2.65. The topological polar surface area (TPSA) is 80.6 Å². The van der Waals surface area contributed by atoms with Crippen molar-refractivity contribution in [1.82, 2.24) is 4.57 Å². The molecule has 144 valence electrons. The van der Waals surface area contributed by atoms with Crippen LogP contribution in [-0.4, -0.2) is 15.9 Å². The lowest BCUT2D eigenvalue weighted by atomic mass is 10.00. The molecule has 28 heavy (non-hydrogen) atoms. The smallest absolute Gasteiger partial charge is 0.225 e. The van der Waals surface area contributed by atoms with Crippen LogP contribution in [0, 0.1) is 6.92 Å². The fraction of sp³-hybridized carbons (Fsp3) is 0.130. The van der Waals surface area contributed by atoms with Gasteiger partial charge in [-0.2, -0.15) is 0 Å². The zero-order valence-corrected chi connectivity index (χ0v) is 16.2. The summed E-state index contributed by atoms with van der Waals surface area (Å²) in [7, 11) is 0. The van der Waals surface area contributed by atoms with Gasteiger partial charge in [0.05, 0.1) is 6.20 Å². The predicted octanol–water partition coefficient (Wildman–Crippen LogP) is 4.55. The first kappa shape index (κ1) is 20.7. The van der Waals surface area contributed by atoms with Crippen LogP contribution in [0.5, 0.6) is 5.75 Å². The number of benzene rings is 1. The monoisotopic (exact) mass is 375 g/mol. The van der Waals surface area contributed by atoms with E-state index in [0.717, 1.165) is 34.4 Å². The van der Waals surface area contributed by atoms with Crippen LogP contribution in [0.3, 0.4) is 0 Å². The molecule has 2 aromatic rings. The largest absolute Gasteiger partial charge is 0.503 e. The summed E-state index contributed by atoms with van der Waals surface area (Å²) in [5.74, 6) is -0.107. The molecule has 0 saturated carbocycles.